The lowest BCUT2D eigenvalue weighted by Gasteiger charge is -2.11. The van der Waals surface area contributed by atoms with E-state index >= 15 is 0 Å². The molecule has 2 heterocycles. The number of aliphatic imine (C=N–C) groups is 1. The van der Waals surface area contributed by atoms with Gasteiger partial charge >= 0.3 is 0 Å². The van der Waals surface area contributed by atoms with Crippen molar-refractivity contribution in [3.63, 3.8) is 0 Å². The lowest BCUT2D eigenvalue weighted by Crippen LogP contribution is -2.38. The van der Waals surface area contributed by atoms with Gasteiger partial charge in [0.15, 0.2) is 11.8 Å². The van der Waals surface area contributed by atoms with Crippen LogP contribution in [0, 0.1) is 5.82 Å². The first-order valence-electron chi connectivity index (χ1n) is 8.28. The molecule has 2 aromatic heterocycles. The van der Waals surface area contributed by atoms with Crippen molar-refractivity contribution in [1.29, 1.82) is 0 Å². The van der Waals surface area contributed by atoms with Crippen molar-refractivity contribution in [1.82, 2.24) is 30.4 Å². The van der Waals surface area contributed by atoms with Crippen molar-refractivity contribution >= 4 is 40.8 Å². The molecule has 0 aliphatic heterocycles. The normalized spacial score (nSPS) is 11.4. The Kier molecular flexibility index (Phi) is 7.37. The van der Waals surface area contributed by atoms with Crippen LogP contribution in [0.3, 0.4) is 0 Å². The van der Waals surface area contributed by atoms with Crippen LogP contribution in [0.15, 0.2) is 35.7 Å². The zero-order valence-electron chi connectivity index (χ0n) is 14.8. The lowest BCUT2D eigenvalue weighted by molar-refractivity contribution is 0.629. The molecule has 0 radical (unpaired) electrons. The predicted octanol–water partition coefficient (Wildman–Crippen LogP) is 2.35. The Morgan fingerprint density at radius 3 is 2.92 bits per heavy atom. The minimum absolute atomic E-state index is 0. The fourth-order valence-corrected chi connectivity index (χ4v) is 2.62. The quantitative estimate of drug-likeness (QED) is 0.293. The van der Waals surface area contributed by atoms with Crippen LogP contribution in [0.5, 0.6) is 0 Å². The van der Waals surface area contributed by atoms with Gasteiger partial charge in [0.25, 0.3) is 0 Å². The highest BCUT2D eigenvalue weighted by Crippen LogP contribution is 2.19. The number of hydrogen-bond donors (Lipinski definition) is 3. The number of fused-ring (bicyclic) bond motifs is 1. The van der Waals surface area contributed by atoms with Crippen LogP contribution in [0.4, 0.5) is 4.39 Å². The third-order valence-corrected chi connectivity index (χ3v) is 3.94. The maximum absolute atomic E-state index is 13.3. The Morgan fingerprint density at radius 2 is 2.19 bits per heavy atom. The molecule has 0 atom stereocenters. The molecular formula is C17H23FIN7. The third kappa shape index (κ3) is 4.93. The highest BCUT2D eigenvalue weighted by Gasteiger charge is 2.06. The van der Waals surface area contributed by atoms with Gasteiger partial charge in [0.1, 0.15) is 18.7 Å². The minimum Gasteiger partial charge on any atom is -0.361 e. The molecule has 0 unspecified atom stereocenters. The Balaban J connectivity index is 0.00000243. The number of aromatic amines is 1. The largest absolute Gasteiger partial charge is 0.361 e. The summed E-state index contributed by atoms with van der Waals surface area (Å²) in [6.07, 6.45) is 4.39. The summed E-state index contributed by atoms with van der Waals surface area (Å²) in [5.41, 5.74) is 1.96. The van der Waals surface area contributed by atoms with Crippen LogP contribution < -0.4 is 10.6 Å². The summed E-state index contributed by atoms with van der Waals surface area (Å²) in [4.78, 5) is 7.63. The molecule has 0 bridgehead atoms. The third-order valence-electron chi connectivity index (χ3n) is 3.94. The number of aromatic nitrogens is 4. The maximum atomic E-state index is 13.3. The molecule has 140 valence electrons. The van der Waals surface area contributed by atoms with E-state index in [1.807, 2.05) is 30.8 Å². The highest BCUT2D eigenvalue weighted by atomic mass is 127. The molecule has 1 aromatic carbocycles. The van der Waals surface area contributed by atoms with Gasteiger partial charge in [0.2, 0.25) is 0 Å². The van der Waals surface area contributed by atoms with Crippen molar-refractivity contribution in [3.05, 3.63) is 47.9 Å². The summed E-state index contributed by atoms with van der Waals surface area (Å²) >= 11 is 0. The van der Waals surface area contributed by atoms with Gasteiger partial charge < -0.3 is 20.2 Å². The molecule has 3 rings (SSSR count). The first kappa shape index (κ1) is 20.1. The second kappa shape index (κ2) is 9.51. The average molecular weight is 471 g/mol. The van der Waals surface area contributed by atoms with E-state index in [2.05, 4.69) is 30.8 Å². The Morgan fingerprint density at radius 1 is 1.35 bits per heavy atom. The molecule has 0 spiro atoms. The van der Waals surface area contributed by atoms with Gasteiger partial charge in [-0.15, -0.1) is 34.2 Å². The van der Waals surface area contributed by atoms with E-state index in [-0.39, 0.29) is 29.8 Å². The molecule has 3 N–H and O–H groups in total. The SMILES string of the molecule is CCNC(=NCc1nncn1C)NCCc1c[nH]c2cc(F)ccc12.I. The van der Waals surface area contributed by atoms with Crippen LogP contribution in [0.1, 0.15) is 18.3 Å². The number of nitrogens with one attached hydrogen (secondary N) is 3. The number of hydrogen-bond acceptors (Lipinski definition) is 3. The van der Waals surface area contributed by atoms with E-state index in [4.69, 9.17) is 0 Å². The van der Waals surface area contributed by atoms with Crippen LogP contribution in [-0.2, 0) is 20.0 Å². The summed E-state index contributed by atoms with van der Waals surface area (Å²) in [6.45, 7) is 3.97. The molecule has 0 saturated carbocycles. The molecule has 0 amide bonds. The van der Waals surface area contributed by atoms with E-state index in [1.54, 1.807) is 6.33 Å². The topological polar surface area (TPSA) is 82.9 Å². The van der Waals surface area contributed by atoms with Gasteiger partial charge in [-0.2, -0.15) is 0 Å². The number of guanidine groups is 1. The second-order valence-corrected chi connectivity index (χ2v) is 5.73. The Hall–Kier alpha value is -2.17. The maximum Gasteiger partial charge on any atom is 0.191 e. The van der Waals surface area contributed by atoms with Crippen LogP contribution in [0.2, 0.25) is 0 Å². The lowest BCUT2D eigenvalue weighted by atomic mass is 10.1. The molecule has 3 aromatic rings. The summed E-state index contributed by atoms with van der Waals surface area (Å²) < 4.78 is 15.1. The summed E-state index contributed by atoms with van der Waals surface area (Å²) in [5.74, 6) is 1.30. The van der Waals surface area contributed by atoms with E-state index in [0.29, 0.717) is 6.54 Å². The van der Waals surface area contributed by atoms with Gasteiger partial charge in [-0.05, 0) is 37.1 Å². The molecule has 0 fully saturated rings. The van der Waals surface area contributed by atoms with Crippen molar-refractivity contribution in [2.45, 2.75) is 19.9 Å². The smallest absolute Gasteiger partial charge is 0.191 e. The first-order chi connectivity index (χ1) is 12.2. The van der Waals surface area contributed by atoms with Crippen molar-refractivity contribution < 1.29 is 4.39 Å². The fraction of sp³-hybridized carbons (Fsp3) is 0.353. The zero-order chi connectivity index (χ0) is 17.6. The fourth-order valence-electron chi connectivity index (χ4n) is 2.62. The molecule has 0 aliphatic rings. The summed E-state index contributed by atoms with van der Waals surface area (Å²) in [6, 6.07) is 4.81. The van der Waals surface area contributed by atoms with E-state index in [1.165, 1.54) is 12.1 Å². The highest BCUT2D eigenvalue weighted by molar-refractivity contribution is 14.0. The number of H-pyrrole nitrogens is 1. The van der Waals surface area contributed by atoms with Crippen molar-refractivity contribution in [3.8, 4) is 0 Å². The number of aryl methyl sites for hydroxylation is 1. The first-order valence-corrected chi connectivity index (χ1v) is 8.28. The molecule has 26 heavy (non-hydrogen) atoms. The standard InChI is InChI=1S/C17H22FN7.HI/c1-3-19-17(22-10-16-24-23-11-25(16)2)20-7-6-12-9-21-15-8-13(18)4-5-14(12)15;/h4-5,8-9,11,21H,3,6-7,10H2,1-2H3,(H2,19,20,22);1H. The van der Waals surface area contributed by atoms with Gasteiger partial charge in [0, 0.05) is 37.2 Å². The van der Waals surface area contributed by atoms with Crippen LogP contribution >= 0.6 is 24.0 Å². The van der Waals surface area contributed by atoms with Gasteiger partial charge in [-0.25, -0.2) is 9.38 Å². The predicted molar refractivity (Wildman–Crippen MR) is 111 cm³/mol. The molecule has 9 heteroatoms. The number of rotatable bonds is 6. The summed E-state index contributed by atoms with van der Waals surface area (Å²) in [7, 11) is 1.89. The van der Waals surface area contributed by atoms with Crippen LogP contribution in [-0.4, -0.2) is 38.8 Å². The average Bonchev–Trinajstić information content (AvgIpc) is 3.18. The van der Waals surface area contributed by atoms with Crippen molar-refractivity contribution in [2.24, 2.45) is 12.0 Å². The zero-order valence-corrected chi connectivity index (χ0v) is 17.1. The van der Waals surface area contributed by atoms with Crippen LogP contribution in [0.25, 0.3) is 10.9 Å². The van der Waals surface area contributed by atoms with Crippen molar-refractivity contribution in [2.75, 3.05) is 13.1 Å². The Bertz CT molecular complexity index is 871. The number of halogens is 2. The van der Waals surface area contributed by atoms with Gasteiger partial charge in [-0.3, -0.25) is 0 Å². The minimum atomic E-state index is -0.232. The van der Waals surface area contributed by atoms with E-state index < -0.39 is 0 Å². The molecule has 0 aliphatic carbocycles. The van der Waals surface area contributed by atoms with Gasteiger partial charge in [0.05, 0.1) is 0 Å². The van der Waals surface area contributed by atoms with E-state index in [9.17, 15) is 4.39 Å². The number of benzene rings is 1. The summed E-state index contributed by atoms with van der Waals surface area (Å²) in [5, 5.41) is 15.4. The molecule has 7 nitrogen and oxygen atoms in total. The number of nitrogens with zero attached hydrogens (tertiary/aromatic N) is 4. The molecular weight excluding hydrogens is 448 g/mol. The monoisotopic (exact) mass is 471 g/mol. The second-order valence-electron chi connectivity index (χ2n) is 5.73. The van der Waals surface area contributed by atoms with E-state index in [0.717, 1.165) is 47.8 Å². The van der Waals surface area contributed by atoms with Gasteiger partial charge in [-0.1, -0.05) is 0 Å². The molecule has 0 saturated heterocycles. The Labute approximate surface area is 168 Å².